The number of aromatic nitrogens is 1. The number of likely N-dealkylation sites (N-methyl/N-ethyl adjacent to an activating group) is 1. The van der Waals surface area contributed by atoms with Crippen LogP contribution in [0.25, 0.3) is 0 Å². The third-order valence-corrected chi connectivity index (χ3v) is 3.82. The van der Waals surface area contributed by atoms with E-state index in [1.807, 2.05) is 13.2 Å². The summed E-state index contributed by atoms with van der Waals surface area (Å²) in [6.07, 6.45) is 3.24. The van der Waals surface area contributed by atoms with Crippen molar-refractivity contribution in [3.8, 4) is 0 Å². The Morgan fingerprint density at radius 1 is 1.42 bits per heavy atom. The number of rotatable bonds is 3. The molecule has 2 rings (SSSR count). The summed E-state index contributed by atoms with van der Waals surface area (Å²) in [5.41, 5.74) is 3.74. The van der Waals surface area contributed by atoms with Crippen LogP contribution in [-0.4, -0.2) is 49.7 Å². The molecule has 106 valence electrons. The van der Waals surface area contributed by atoms with Crippen LogP contribution in [0.15, 0.2) is 12.3 Å². The van der Waals surface area contributed by atoms with Gasteiger partial charge in [-0.25, -0.2) is 0 Å². The van der Waals surface area contributed by atoms with Crippen LogP contribution in [-0.2, 0) is 6.54 Å². The van der Waals surface area contributed by atoms with Crippen LogP contribution in [0.2, 0.25) is 0 Å². The molecule has 1 aromatic rings. The Labute approximate surface area is 116 Å². The number of nitrogens with zero attached hydrogens (tertiary/aromatic N) is 3. The van der Waals surface area contributed by atoms with E-state index >= 15 is 0 Å². The second-order valence-corrected chi connectivity index (χ2v) is 5.64. The van der Waals surface area contributed by atoms with E-state index in [0.29, 0.717) is 6.04 Å². The molecule has 1 unspecified atom stereocenters. The molecule has 1 aromatic heterocycles. The van der Waals surface area contributed by atoms with Crippen molar-refractivity contribution in [2.24, 2.45) is 0 Å². The lowest BCUT2D eigenvalue weighted by Gasteiger charge is -2.32. The molecule has 19 heavy (non-hydrogen) atoms. The van der Waals surface area contributed by atoms with E-state index < -0.39 is 0 Å². The van der Waals surface area contributed by atoms with E-state index in [9.17, 15) is 0 Å². The smallest absolute Gasteiger partial charge is 0.0448 e. The van der Waals surface area contributed by atoms with Gasteiger partial charge in [0.2, 0.25) is 0 Å². The minimum atomic E-state index is 0.546. The summed E-state index contributed by atoms with van der Waals surface area (Å²) in [4.78, 5) is 9.41. The molecule has 0 spiro atoms. The lowest BCUT2D eigenvalue weighted by molar-refractivity contribution is 0.337. The van der Waals surface area contributed by atoms with Crippen molar-refractivity contribution in [2.45, 2.75) is 32.9 Å². The lowest BCUT2D eigenvalue weighted by atomic mass is 10.1. The third-order valence-electron chi connectivity index (χ3n) is 3.82. The average Bonchev–Trinajstić information content (AvgIpc) is 2.52. The standard InChI is InChI=1S/C15H26N4/c1-12-8-15(14(9-16-3)10-17-12)19-7-5-6-18(4)11-13(19)2/h8,10,13,16H,5-7,9,11H2,1-4H3. The maximum Gasteiger partial charge on any atom is 0.0448 e. The van der Waals surface area contributed by atoms with Gasteiger partial charge in [-0.1, -0.05) is 0 Å². The normalized spacial score (nSPS) is 21.5. The van der Waals surface area contributed by atoms with Crippen LogP contribution in [0.4, 0.5) is 5.69 Å². The molecule has 0 bridgehead atoms. The highest BCUT2D eigenvalue weighted by Gasteiger charge is 2.22. The molecular formula is C15H26N4. The van der Waals surface area contributed by atoms with Crippen molar-refractivity contribution in [1.29, 1.82) is 0 Å². The third kappa shape index (κ3) is 3.45. The molecule has 1 aliphatic rings. The van der Waals surface area contributed by atoms with Crippen LogP contribution < -0.4 is 10.2 Å². The first-order chi connectivity index (χ1) is 9.11. The molecule has 0 saturated carbocycles. The molecule has 2 heterocycles. The Morgan fingerprint density at radius 3 is 2.95 bits per heavy atom. The molecular weight excluding hydrogens is 236 g/mol. The Hall–Kier alpha value is -1.13. The molecule has 0 radical (unpaired) electrons. The van der Waals surface area contributed by atoms with Gasteiger partial charge in [0.25, 0.3) is 0 Å². The van der Waals surface area contributed by atoms with Gasteiger partial charge in [-0.05, 0) is 47.0 Å². The molecule has 1 saturated heterocycles. The van der Waals surface area contributed by atoms with E-state index in [4.69, 9.17) is 0 Å². The highest BCUT2D eigenvalue weighted by Crippen LogP contribution is 2.25. The monoisotopic (exact) mass is 262 g/mol. The van der Waals surface area contributed by atoms with Crippen LogP contribution in [0.1, 0.15) is 24.6 Å². The minimum Gasteiger partial charge on any atom is -0.367 e. The Morgan fingerprint density at radius 2 is 2.21 bits per heavy atom. The van der Waals surface area contributed by atoms with Gasteiger partial charge in [-0.3, -0.25) is 4.98 Å². The van der Waals surface area contributed by atoms with Crippen molar-refractivity contribution in [3.05, 3.63) is 23.5 Å². The van der Waals surface area contributed by atoms with Gasteiger partial charge in [-0.15, -0.1) is 0 Å². The Balaban J connectivity index is 2.30. The van der Waals surface area contributed by atoms with E-state index in [1.54, 1.807) is 0 Å². The van der Waals surface area contributed by atoms with Gasteiger partial charge < -0.3 is 15.1 Å². The number of hydrogen-bond donors (Lipinski definition) is 1. The molecule has 1 fully saturated rings. The highest BCUT2D eigenvalue weighted by molar-refractivity contribution is 5.54. The SMILES string of the molecule is CNCc1cnc(C)cc1N1CCCN(C)CC1C. The Kier molecular flexibility index (Phi) is 4.77. The predicted octanol–water partition coefficient (Wildman–Crippen LogP) is 1.64. The summed E-state index contributed by atoms with van der Waals surface area (Å²) in [6.45, 7) is 8.71. The van der Waals surface area contributed by atoms with Gasteiger partial charge in [-0.2, -0.15) is 0 Å². The topological polar surface area (TPSA) is 31.4 Å². The van der Waals surface area contributed by atoms with Crippen molar-refractivity contribution in [1.82, 2.24) is 15.2 Å². The second-order valence-electron chi connectivity index (χ2n) is 5.64. The van der Waals surface area contributed by atoms with Crippen molar-refractivity contribution in [3.63, 3.8) is 0 Å². The molecule has 1 aliphatic heterocycles. The number of pyridine rings is 1. The zero-order chi connectivity index (χ0) is 13.8. The van der Waals surface area contributed by atoms with E-state index in [2.05, 4.69) is 47.1 Å². The maximum atomic E-state index is 4.44. The van der Waals surface area contributed by atoms with E-state index in [1.165, 1.54) is 24.2 Å². The lowest BCUT2D eigenvalue weighted by Crippen LogP contribution is -2.38. The summed E-state index contributed by atoms with van der Waals surface area (Å²) in [7, 11) is 4.20. The largest absolute Gasteiger partial charge is 0.367 e. The van der Waals surface area contributed by atoms with E-state index in [-0.39, 0.29) is 0 Å². The predicted molar refractivity (Wildman–Crippen MR) is 80.7 cm³/mol. The van der Waals surface area contributed by atoms with E-state index in [0.717, 1.165) is 25.3 Å². The summed E-state index contributed by atoms with van der Waals surface area (Å²) in [5.74, 6) is 0. The molecule has 4 nitrogen and oxygen atoms in total. The van der Waals surface area contributed by atoms with Crippen LogP contribution in [0.5, 0.6) is 0 Å². The first-order valence-corrected chi connectivity index (χ1v) is 7.17. The fraction of sp³-hybridized carbons (Fsp3) is 0.667. The first-order valence-electron chi connectivity index (χ1n) is 7.17. The quantitative estimate of drug-likeness (QED) is 0.897. The number of nitrogens with one attached hydrogen (secondary N) is 1. The number of aryl methyl sites for hydroxylation is 1. The second kappa shape index (κ2) is 6.35. The number of hydrogen-bond acceptors (Lipinski definition) is 4. The van der Waals surface area contributed by atoms with Gasteiger partial charge in [0.15, 0.2) is 0 Å². The van der Waals surface area contributed by atoms with Crippen molar-refractivity contribution < 1.29 is 0 Å². The fourth-order valence-corrected chi connectivity index (χ4v) is 2.90. The van der Waals surface area contributed by atoms with Crippen molar-refractivity contribution in [2.75, 3.05) is 38.6 Å². The molecule has 1 atom stereocenters. The van der Waals surface area contributed by atoms with Crippen molar-refractivity contribution >= 4 is 5.69 Å². The fourth-order valence-electron chi connectivity index (χ4n) is 2.90. The van der Waals surface area contributed by atoms with Crippen LogP contribution in [0, 0.1) is 6.92 Å². The summed E-state index contributed by atoms with van der Waals surface area (Å²) < 4.78 is 0. The zero-order valence-corrected chi connectivity index (χ0v) is 12.6. The molecule has 0 aromatic carbocycles. The average molecular weight is 262 g/mol. The summed E-state index contributed by atoms with van der Waals surface area (Å²) >= 11 is 0. The summed E-state index contributed by atoms with van der Waals surface area (Å²) in [5, 5.41) is 3.25. The van der Waals surface area contributed by atoms with Crippen LogP contribution in [0.3, 0.4) is 0 Å². The minimum absolute atomic E-state index is 0.546. The van der Waals surface area contributed by atoms with Gasteiger partial charge in [0, 0.05) is 48.8 Å². The zero-order valence-electron chi connectivity index (χ0n) is 12.6. The molecule has 1 N–H and O–H groups in total. The molecule has 0 aliphatic carbocycles. The Bertz CT molecular complexity index is 419. The number of anilines is 1. The summed E-state index contributed by atoms with van der Waals surface area (Å²) in [6, 6.07) is 2.78. The molecule has 4 heteroatoms. The maximum absolute atomic E-state index is 4.44. The van der Waals surface area contributed by atoms with Gasteiger partial charge >= 0.3 is 0 Å². The highest BCUT2D eigenvalue weighted by atomic mass is 15.2. The molecule has 0 amide bonds. The van der Waals surface area contributed by atoms with Gasteiger partial charge in [0.05, 0.1) is 0 Å². The first kappa shape index (κ1) is 14.3. The van der Waals surface area contributed by atoms with Crippen LogP contribution >= 0.6 is 0 Å². The van der Waals surface area contributed by atoms with Gasteiger partial charge in [0.1, 0.15) is 0 Å².